The van der Waals surface area contributed by atoms with Gasteiger partial charge in [0, 0.05) is 35.5 Å². The van der Waals surface area contributed by atoms with E-state index in [1.54, 1.807) is 11.3 Å². The van der Waals surface area contributed by atoms with E-state index in [0.29, 0.717) is 13.2 Å². The van der Waals surface area contributed by atoms with Crippen molar-refractivity contribution in [3.05, 3.63) is 35.3 Å². The first-order valence-corrected chi connectivity index (χ1v) is 8.68. The SMILES string of the molecule is Cc1csc(-c2ccc(NC(=O)C(N)C3CCOCC3)cc2)n1. The van der Waals surface area contributed by atoms with Crippen LogP contribution in [0.25, 0.3) is 10.6 Å². The zero-order valence-corrected chi connectivity index (χ0v) is 13.9. The molecule has 2 heterocycles. The number of aryl methyl sites for hydroxylation is 1. The van der Waals surface area contributed by atoms with E-state index >= 15 is 0 Å². The molecular formula is C17H21N3O2S. The Labute approximate surface area is 139 Å². The number of nitrogens with zero attached hydrogens (tertiary/aromatic N) is 1. The highest BCUT2D eigenvalue weighted by Gasteiger charge is 2.26. The van der Waals surface area contributed by atoms with Crippen molar-refractivity contribution in [3.63, 3.8) is 0 Å². The summed E-state index contributed by atoms with van der Waals surface area (Å²) in [5, 5.41) is 5.91. The van der Waals surface area contributed by atoms with E-state index in [4.69, 9.17) is 10.5 Å². The second-order valence-electron chi connectivity index (χ2n) is 5.84. The highest BCUT2D eigenvalue weighted by Crippen LogP contribution is 2.25. The summed E-state index contributed by atoms with van der Waals surface area (Å²) < 4.78 is 5.31. The van der Waals surface area contributed by atoms with Crippen LogP contribution in [0.15, 0.2) is 29.6 Å². The molecule has 0 radical (unpaired) electrons. The van der Waals surface area contributed by atoms with Crippen LogP contribution < -0.4 is 11.1 Å². The van der Waals surface area contributed by atoms with Gasteiger partial charge in [0.25, 0.3) is 0 Å². The topological polar surface area (TPSA) is 77.2 Å². The summed E-state index contributed by atoms with van der Waals surface area (Å²) in [6.45, 7) is 3.35. The molecule has 1 amide bonds. The standard InChI is InChI=1S/C17H21N3O2S/c1-11-10-23-17(19-11)13-2-4-14(5-3-13)20-16(21)15(18)12-6-8-22-9-7-12/h2-5,10,12,15H,6-9,18H2,1H3,(H,20,21). The Bertz CT molecular complexity index is 663. The smallest absolute Gasteiger partial charge is 0.241 e. The molecule has 1 aromatic heterocycles. The average Bonchev–Trinajstić information content (AvgIpc) is 3.02. The maximum absolute atomic E-state index is 12.3. The van der Waals surface area contributed by atoms with Crippen LogP contribution in [0.1, 0.15) is 18.5 Å². The van der Waals surface area contributed by atoms with Crippen LogP contribution in [0.4, 0.5) is 5.69 Å². The van der Waals surface area contributed by atoms with E-state index in [-0.39, 0.29) is 11.8 Å². The van der Waals surface area contributed by atoms with Crippen LogP contribution in [0.5, 0.6) is 0 Å². The number of aromatic nitrogens is 1. The fraction of sp³-hybridized carbons (Fsp3) is 0.412. The van der Waals surface area contributed by atoms with Crippen LogP contribution in [0, 0.1) is 12.8 Å². The normalized spacial score (nSPS) is 17.0. The molecule has 0 saturated carbocycles. The van der Waals surface area contributed by atoms with Crippen molar-refractivity contribution in [2.45, 2.75) is 25.8 Å². The highest BCUT2D eigenvalue weighted by atomic mass is 32.1. The van der Waals surface area contributed by atoms with Crippen molar-refractivity contribution >= 4 is 22.9 Å². The molecule has 1 saturated heterocycles. The Kier molecular flexibility index (Phi) is 5.05. The van der Waals surface area contributed by atoms with Gasteiger partial charge in [0.1, 0.15) is 5.01 Å². The van der Waals surface area contributed by atoms with Gasteiger partial charge < -0.3 is 15.8 Å². The first-order chi connectivity index (χ1) is 11.1. The van der Waals surface area contributed by atoms with E-state index in [1.165, 1.54) is 0 Å². The third kappa shape index (κ3) is 3.96. The molecule has 0 spiro atoms. The number of benzene rings is 1. The molecule has 3 rings (SSSR count). The lowest BCUT2D eigenvalue weighted by atomic mass is 9.92. The number of hydrogen-bond donors (Lipinski definition) is 2. The largest absolute Gasteiger partial charge is 0.381 e. The predicted octanol–water partition coefficient (Wildman–Crippen LogP) is 2.81. The summed E-state index contributed by atoms with van der Waals surface area (Å²) in [5.41, 5.74) is 8.92. The summed E-state index contributed by atoms with van der Waals surface area (Å²) in [5.74, 6) is 0.0658. The second kappa shape index (κ2) is 7.21. The zero-order chi connectivity index (χ0) is 16.2. The van der Waals surface area contributed by atoms with Gasteiger partial charge in [0.2, 0.25) is 5.91 Å². The number of nitrogens with one attached hydrogen (secondary N) is 1. The maximum atomic E-state index is 12.3. The van der Waals surface area contributed by atoms with Crippen LogP contribution in [-0.2, 0) is 9.53 Å². The number of amides is 1. The van der Waals surface area contributed by atoms with Crippen molar-refractivity contribution in [2.75, 3.05) is 18.5 Å². The Morgan fingerprint density at radius 2 is 2.04 bits per heavy atom. The average molecular weight is 331 g/mol. The fourth-order valence-electron chi connectivity index (χ4n) is 2.70. The van der Waals surface area contributed by atoms with E-state index in [1.807, 2.05) is 36.6 Å². The molecule has 1 atom stereocenters. The van der Waals surface area contributed by atoms with Gasteiger partial charge in [-0.3, -0.25) is 4.79 Å². The number of hydrogen-bond acceptors (Lipinski definition) is 5. The highest BCUT2D eigenvalue weighted by molar-refractivity contribution is 7.13. The molecule has 3 N–H and O–H groups in total. The Morgan fingerprint density at radius 1 is 1.35 bits per heavy atom. The number of ether oxygens (including phenoxy) is 1. The van der Waals surface area contributed by atoms with Crippen LogP contribution in [0.2, 0.25) is 0 Å². The van der Waals surface area contributed by atoms with Crippen molar-refractivity contribution in [1.82, 2.24) is 4.98 Å². The molecule has 2 aromatic rings. The van der Waals surface area contributed by atoms with Crippen molar-refractivity contribution < 1.29 is 9.53 Å². The number of carbonyl (C=O) groups excluding carboxylic acids is 1. The molecule has 1 aromatic carbocycles. The van der Waals surface area contributed by atoms with Crippen molar-refractivity contribution in [1.29, 1.82) is 0 Å². The van der Waals surface area contributed by atoms with E-state index < -0.39 is 6.04 Å². The molecule has 5 nitrogen and oxygen atoms in total. The number of anilines is 1. The lowest BCUT2D eigenvalue weighted by Gasteiger charge is -2.26. The molecule has 1 aliphatic heterocycles. The summed E-state index contributed by atoms with van der Waals surface area (Å²) in [4.78, 5) is 16.7. The van der Waals surface area contributed by atoms with Gasteiger partial charge >= 0.3 is 0 Å². The molecular weight excluding hydrogens is 310 g/mol. The Hall–Kier alpha value is -1.76. The van der Waals surface area contributed by atoms with E-state index in [2.05, 4.69) is 10.3 Å². The minimum atomic E-state index is -0.486. The third-order valence-electron chi connectivity index (χ3n) is 4.09. The van der Waals surface area contributed by atoms with E-state index in [0.717, 1.165) is 34.8 Å². The minimum absolute atomic E-state index is 0.130. The van der Waals surface area contributed by atoms with Crippen molar-refractivity contribution in [2.24, 2.45) is 11.7 Å². The molecule has 122 valence electrons. The molecule has 1 aliphatic rings. The Morgan fingerprint density at radius 3 is 2.65 bits per heavy atom. The lowest BCUT2D eigenvalue weighted by molar-refractivity contribution is -0.119. The predicted molar refractivity (Wildman–Crippen MR) is 92.4 cm³/mol. The van der Waals surface area contributed by atoms with Crippen LogP contribution >= 0.6 is 11.3 Å². The van der Waals surface area contributed by atoms with Gasteiger partial charge in [-0.25, -0.2) is 4.98 Å². The van der Waals surface area contributed by atoms with E-state index in [9.17, 15) is 4.79 Å². The number of carbonyl (C=O) groups is 1. The summed E-state index contributed by atoms with van der Waals surface area (Å²) in [6.07, 6.45) is 1.69. The van der Waals surface area contributed by atoms with Gasteiger partial charge in [0.15, 0.2) is 0 Å². The molecule has 0 aliphatic carbocycles. The summed E-state index contributed by atoms with van der Waals surface area (Å²) >= 11 is 1.62. The molecule has 0 bridgehead atoms. The van der Waals surface area contributed by atoms with Crippen LogP contribution in [0.3, 0.4) is 0 Å². The number of thiazole rings is 1. The van der Waals surface area contributed by atoms with Gasteiger partial charge in [-0.2, -0.15) is 0 Å². The van der Waals surface area contributed by atoms with Gasteiger partial charge in [-0.05, 0) is 49.9 Å². The van der Waals surface area contributed by atoms with Crippen LogP contribution in [-0.4, -0.2) is 30.1 Å². The number of rotatable bonds is 4. The minimum Gasteiger partial charge on any atom is -0.381 e. The lowest BCUT2D eigenvalue weighted by Crippen LogP contribution is -2.43. The summed E-state index contributed by atoms with van der Waals surface area (Å²) in [6, 6.07) is 7.23. The molecule has 23 heavy (non-hydrogen) atoms. The second-order valence-corrected chi connectivity index (χ2v) is 6.69. The molecule has 6 heteroatoms. The fourth-order valence-corrected chi connectivity index (χ4v) is 3.50. The maximum Gasteiger partial charge on any atom is 0.241 e. The van der Waals surface area contributed by atoms with Gasteiger partial charge in [-0.1, -0.05) is 0 Å². The number of nitrogens with two attached hydrogens (primary N) is 1. The zero-order valence-electron chi connectivity index (χ0n) is 13.1. The Balaban J connectivity index is 1.62. The monoisotopic (exact) mass is 331 g/mol. The third-order valence-corrected chi connectivity index (χ3v) is 5.10. The molecule has 1 unspecified atom stereocenters. The first kappa shape index (κ1) is 16.1. The van der Waals surface area contributed by atoms with Gasteiger partial charge in [-0.15, -0.1) is 11.3 Å². The van der Waals surface area contributed by atoms with Crippen molar-refractivity contribution in [3.8, 4) is 10.6 Å². The first-order valence-electron chi connectivity index (χ1n) is 7.80. The molecule has 1 fully saturated rings. The quantitative estimate of drug-likeness (QED) is 0.903. The summed E-state index contributed by atoms with van der Waals surface area (Å²) in [7, 11) is 0. The van der Waals surface area contributed by atoms with Gasteiger partial charge in [0.05, 0.1) is 6.04 Å².